The Bertz CT molecular complexity index is 1220. The van der Waals surface area contributed by atoms with Gasteiger partial charge in [-0.1, -0.05) is 22.9 Å². The fraction of sp³-hybridized carbons (Fsp3) is 0.143. The Balaban J connectivity index is 1.49. The average molecular weight is 427 g/mol. The van der Waals surface area contributed by atoms with Crippen LogP contribution in [0.5, 0.6) is 0 Å². The van der Waals surface area contributed by atoms with Crippen molar-refractivity contribution in [3.8, 4) is 17.1 Å². The van der Waals surface area contributed by atoms with Crippen LogP contribution in [0.4, 0.5) is 4.39 Å². The van der Waals surface area contributed by atoms with Crippen molar-refractivity contribution in [2.75, 3.05) is 0 Å². The van der Waals surface area contributed by atoms with E-state index >= 15 is 0 Å². The number of ether oxygens (including phenoxy) is 1. The second-order valence-electron chi connectivity index (χ2n) is 6.52. The van der Waals surface area contributed by atoms with Crippen LogP contribution in [-0.4, -0.2) is 25.9 Å². The van der Waals surface area contributed by atoms with Gasteiger partial charge in [-0.3, -0.25) is 0 Å². The molecule has 4 rings (SSSR count). The van der Waals surface area contributed by atoms with Crippen LogP contribution in [0, 0.1) is 19.7 Å². The average Bonchev–Trinajstić information content (AvgIpc) is 3.29. The van der Waals surface area contributed by atoms with E-state index < -0.39 is 5.97 Å². The van der Waals surface area contributed by atoms with E-state index in [0.29, 0.717) is 33.7 Å². The number of nitrogens with zero attached hydrogens (tertiary/aromatic N) is 4. The molecule has 2 heterocycles. The topological polar surface area (TPSA) is 83.0 Å². The van der Waals surface area contributed by atoms with Crippen LogP contribution in [0.25, 0.3) is 17.1 Å². The normalized spacial score (nSPS) is 10.9. The minimum atomic E-state index is -0.646. The van der Waals surface area contributed by atoms with Crippen LogP contribution in [0.2, 0.25) is 5.02 Å². The van der Waals surface area contributed by atoms with Crippen molar-refractivity contribution in [2.24, 2.45) is 0 Å². The molecule has 0 N–H and O–H groups in total. The molecule has 0 atom stereocenters. The Kier molecular flexibility index (Phi) is 5.33. The Morgan fingerprint density at radius 3 is 2.70 bits per heavy atom. The summed E-state index contributed by atoms with van der Waals surface area (Å²) < 4.78 is 25.6. The third kappa shape index (κ3) is 3.95. The molecule has 0 aliphatic heterocycles. The molecule has 0 fully saturated rings. The highest BCUT2D eigenvalue weighted by Gasteiger charge is 2.20. The lowest BCUT2D eigenvalue weighted by Gasteiger charge is -2.04. The van der Waals surface area contributed by atoms with E-state index in [1.54, 1.807) is 44.2 Å². The first-order valence-electron chi connectivity index (χ1n) is 9.00. The SMILES string of the molecule is Cc1oc(-c2cccc(Cl)c2)nc1COC(=O)c1nnn(-c2ccc(F)cc2)c1C. The van der Waals surface area contributed by atoms with E-state index in [1.807, 2.05) is 6.07 Å². The molecule has 2 aromatic heterocycles. The van der Waals surface area contributed by atoms with Crippen LogP contribution in [0.1, 0.15) is 27.6 Å². The predicted molar refractivity (Wildman–Crippen MR) is 107 cm³/mol. The van der Waals surface area contributed by atoms with Gasteiger partial charge in [0.2, 0.25) is 5.89 Å². The number of rotatable bonds is 5. The summed E-state index contributed by atoms with van der Waals surface area (Å²) in [6.45, 7) is 3.33. The van der Waals surface area contributed by atoms with Gasteiger partial charge in [0.05, 0.1) is 11.4 Å². The van der Waals surface area contributed by atoms with Crippen molar-refractivity contribution in [2.45, 2.75) is 20.5 Å². The zero-order chi connectivity index (χ0) is 21.3. The van der Waals surface area contributed by atoms with Gasteiger partial charge in [-0.25, -0.2) is 18.9 Å². The molecule has 7 nitrogen and oxygen atoms in total. The number of hydrogen-bond acceptors (Lipinski definition) is 6. The van der Waals surface area contributed by atoms with E-state index in [4.69, 9.17) is 20.8 Å². The number of aromatic nitrogens is 4. The maximum absolute atomic E-state index is 13.1. The number of halogens is 2. The second kappa shape index (κ2) is 8.08. The smallest absolute Gasteiger partial charge is 0.361 e. The van der Waals surface area contributed by atoms with Gasteiger partial charge < -0.3 is 9.15 Å². The Hall–Kier alpha value is -3.52. The molecule has 4 aromatic rings. The first-order chi connectivity index (χ1) is 14.4. The Labute approximate surface area is 176 Å². The molecule has 0 aliphatic carbocycles. The number of carbonyl (C=O) groups excluding carboxylic acids is 1. The maximum atomic E-state index is 13.1. The quantitative estimate of drug-likeness (QED) is 0.430. The maximum Gasteiger partial charge on any atom is 0.361 e. The van der Waals surface area contributed by atoms with E-state index in [-0.39, 0.29) is 18.1 Å². The summed E-state index contributed by atoms with van der Waals surface area (Å²) >= 11 is 6.01. The summed E-state index contributed by atoms with van der Waals surface area (Å²) in [7, 11) is 0. The lowest BCUT2D eigenvalue weighted by Crippen LogP contribution is -2.09. The fourth-order valence-corrected chi connectivity index (χ4v) is 3.04. The van der Waals surface area contributed by atoms with Gasteiger partial charge in [-0.2, -0.15) is 0 Å². The molecule has 30 heavy (non-hydrogen) atoms. The molecular formula is C21H16ClFN4O3. The van der Waals surface area contributed by atoms with Crippen LogP contribution in [0.15, 0.2) is 52.9 Å². The van der Waals surface area contributed by atoms with Crippen molar-refractivity contribution >= 4 is 17.6 Å². The highest BCUT2D eigenvalue weighted by atomic mass is 35.5. The monoisotopic (exact) mass is 426 g/mol. The zero-order valence-corrected chi connectivity index (χ0v) is 16.9. The van der Waals surface area contributed by atoms with Crippen molar-refractivity contribution in [3.63, 3.8) is 0 Å². The van der Waals surface area contributed by atoms with Crippen molar-refractivity contribution in [3.05, 3.63) is 82.2 Å². The first-order valence-corrected chi connectivity index (χ1v) is 9.38. The zero-order valence-electron chi connectivity index (χ0n) is 16.1. The van der Waals surface area contributed by atoms with Crippen LogP contribution < -0.4 is 0 Å². The van der Waals surface area contributed by atoms with Crippen LogP contribution in [-0.2, 0) is 11.3 Å². The molecule has 0 spiro atoms. The molecule has 0 amide bonds. The third-order valence-electron chi connectivity index (χ3n) is 4.46. The van der Waals surface area contributed by atoms with Crippen molar-refractivity contribution in [1.29, 1.82) is 0 Å². The fourth-order valence-electron chi connectivity index (χ4n) is 2.85. The highest BCUT2D eigenvalue weighted by Crippen LogP contribution is 2.25. The number of carbonyl (C=O) groups is 1. The number of esters is 1. The minimum Gasteiger partial charge on any atom is -0.454 e. The van der Waals surface area contributed by atoms with Gasteiger partial charge in [0.1, 0.15) is 23.9 Å². The molecule has 0 saturated carbocycles. The van der Waals surface area contributed by atoms with Gasteiger partial charge in [0.15, 0.2) is 5.69 Å². The highest BCUT2D eigenvalue weighted by molar-refractivity contribution is 6.30. The summed E-state index contributed by atoms with van der Waals surface area (Å²) in [5, 5.41) is 8.42. The molecule has 9 heteroatoms. The lowest BCUT2D eigenvalue weighted by atomic mass is 10.2. The van der Waals surface area contributed by atoms with Crippen LogP contribution >= 0.6 is 11.6 Å². The summed E-state index contributed by atoms with van der Waals surface area (Å²) in [6.07, 6.45) is 0. The summed E-state index contributed by atoms with van der Waals surface area (Å²) in [4.78, 5) is 16.9. The van der Waals surface area contributed by atoms with Gasteiger partial charge in [0, 0.05) is 10.6 Å². The van der Waals surface area contributed by atoms with Gasteiger partial charge >= 0.3 is 5.97 Å². The predicted octanol–water partition coefficient (Wildman–Crippen LogP) is 4.69. The molecule has 0 aliphatic rings. The molecular weight excluding hydrogens is 411 g/mol. The molecule has 152 valence electrons. The Morgan fingerprint density at radius 2 is 1.97 bits per heavy atom. The molecule has 0 bridgehead atoms. The lowest BCUT2D eigenvalue weighted by molar-refractivity contribution is 0.0459. The van der Waals surface area contributed by atoms with Crippen molar-refractivity contribution < 1.29 is 18.3 Å². The second-order valence-corrected chi connectivity index (χ2v) is 6.96. The largest absolute Gasteiger partial charge is 0.454 e. The minimum absolute atomic E-state index is 0.0653. The van der Waals surface area contributed by atoms with Gasteiger partial charge in [0.25, 0.3) is 0 Å². The number of aryl methyl sites for hydroxylation is 1. The van der Waals surface area contributed by atoms with Crippen molar-refractivity contribution in [1.82, 2.24) is 20.0 Å². The van der Waals surface area contributed by atoms with Gasteiger partial charge in [-0.05, 0) is 56.3 Å². The van der Waals surface area contributed by atoms with E-state index in [2.05, 4.69) is 15.3 Å². The Morgan fingerprint density at radius 1 is 1.20 bits per heavy atom. The van der Waals surface area contributed by atoms with Gasteiger partial charge in [-0.15, -0.1) is 5.10 Å². The summed E-state index contributed by atoms with van der Waals surface area (Å²) in [5.74, 6) is -0.0900. The van der Waals surface area contributed by atoms with E-state index in [1.165, 1.54) is 16.8 Å². The standard InChI is InChI=1S/C21H16ClFN4O3/c1-12-19(25-26-27(12)17-8-6-16(23)7-9-17)21(28)29-11-18-13(2)30-20(24-18)14-4-3-5-15(22)10-14/h3-10H,11H2,1-2H3. The third-order valence-corrected chi connectivity index (χ3v) is 4.70. The molecule has 0 unspecified atom stereocenters. The van der Waals surface area contributed by atoms with E-state index in [0.717, 1.165) is 5.56 Å². The summed E-state index contributed by atoms with van der Waals surface area (Å²) in [6, 6.07) is 12.8. The number of benzene rings is 2. The van der Waals surface area contributed by atoms with Crippen LogP contribution in [0.3, 0.4) is 0 Å². The number of oxazole rings is 1. The summed E-state index contributed by atoms with van der Waals surface area (Å²) in [5.41, 5.74) is 2.33. The first kappa shape index (κ1) is 19.8. The molecule has 0 saturated heterocycles. The molecule has 2 aromatic carbocycles. The molecule has 0 radical (unpaired) electrons. The number of hydrogen-bond donors (Lipinski definition) is 0. The van der Waals surface area contributed by atoms with E-state index in [9.17, 15) is 9.18 Å².